The molecule has 304 valence electrons. The van der Waals surface area contributed by atoms with E-state index in [2.05, 4.69) is 45.1 Å². The van der Waals surface area contributed by atoms with Crippen LogP contribution in [-0.2, 0) is 35.8 Å². The molecule has 1 fully saturated rings. The van der Waals surface area contributed by atoms with Gasteiger partial charge in [0, 0.05) is 102 Å². The van der Waals surface area contributed by atoms with Crippen molar-refractivity contribution >= 4 is 55.4 Å². The van der Waals surface area contributed by atoms with Gasteiger partial charge in [-0.2, -0.15) is 0 Å². The fraction of sp³-hybridized carbons (Fsp3) is 0.459. The molecule has 9 rings (SSSR count). The number of alkyl halides is 2. The van der Waals surface area contributed by atoms with Crippen LogP contribution in [0.5, 0.6) is 0 Å². The van der Waals surface area contributed by atoms with Crippen molar-refractivity contribution in [3.05, 3.63) is 72.6 Å². The second-order valence-corrected chi connectivity index (χ2v) is 17.7. The summed E-state index contributed by atoms with van der Waals surface area (Å²) in [5.41, 5.74) is 1.66. The van der Waals surface area contributed by atoms with Crippen molar-refractivity contribution in [2.75, 3.05) is 42.1 Å². The second kappa shape index (κ2) is 14.4. The second-order valence-electron chi connectivity index (χ2n) is 15.4. The number of rotatable bonds is 12. The summed E-state index contributed by atoms with van der Waals surface area (Å²) in [5.74, 6) is -1.38. The molecule has 0 radical (unpaired) electrons. The standard InChI is InChI=1S/C37H42F2N14O4S/c1-49(33-25-3-7-40-31(25)43-19-45-33)22-5-10-51-18-28(48-29(51)13-22)36(55)53(24-15-37(38,39)16-24)21-52(34-26-4-8-41-32(26)44-20-46-34)23-6-11-50-17-27(47-30(50)14-23)35(54)42-9-12-58(2,56)57/h3-4,7-8,17-20,22-24H,5-6,9-16,21H2,1-2H3,(H,42,54)(H,40,43,45)(H,41,44,46). The van der Waals surface area contributed by atoms with Crippen LogP contribution >= 0.6 is 0 Å². The molecule has 2 unspecified atom stereocenters. The molecule has 1 saturated carbocycles. The smallest absolute Gasteiger partial charge is 0.275 e. The van der Waals surface area contributed by atoms with Gasteiger partial charge in [-0.25, -0.2) is 47.1 Å². The topological polar surface area (TPSA) is 209 Å². The summed E-state index contributed by atoms with van der Waals surface area (Å²) in [6.45, 7) is 0.983. The zero-order valence-corrected chi connectivity index (χ0v) is 32.7. The van der Waals surface area contributed by atoms with Gasteiger partial charge in [-0.15, -0.1) is 0 Å². The number of nitrogens with zero attached hydrogens (tertiary/aromatic N) is 11. The average Bonchev–Trinajstić information content (AvgIpc) is 4.01. The first kappa shape index (κ1) is 37.6. The summed E-state index contributed by atoms with van der Waals surface area (Å²) in [6.07, 6.45) is 12.3. The van der Waals surface area contributed by atoms with Gasteiger partial charge in [0.1, 0.15) is 68.5 Å². The van der Waals surface area contributed by atoms with E-state index >= 15 is 0 Å². The first-order valence-electron chi connectivity index (χ1n) is 19.1. The van der Waals surface area contributed by atoms with Gasteiger partial charge in [0.05, 0.1) is 23.2 Å². The fourth-order valence-electron chi connectivity index (χ4n) is 8.34. The van der Waals surface area contributed by atoms with Gasteiger partial charge in [-0.1, -0.05) is 0 Å². The molecule has 0 aromatic carbocycles. The van der Waals surface area contributed by atoms with E-state index in [1.165, 1.54) is 17.6 Å². The Morgan fingerprint density at radius 1 is 0.862 bits per heavy atom. The minimum absolute atomic E-state index is 0.0432. The largest absolute Gasteiger partial charge is 0.356 e. The van der Waals surface area contributed by atoms with Crippen LogP contribution in [-0.4, -0.2) is 130 Å². The molecule has 3 N–H and O–H groups in total. The van der Waals surface area contributed by atoms with E-state index in [-0.39, 0.29) is 42.4 Å². The minimum Gasteiger partial charge on any atom is -0.356 e. The van der Waals surface area contributed by atoms with E-state index < -0.39 is 46.5 Å². The lowest BCUT2D eigenvalue weighted by Gasteiger charge is -2.46. The molecule has 0 bridgehead atoms. The Bertz CT molecular complexity index is 2630. The minimum atomic E-state index is -3.26. The maximum absolute atomic E-state index is 14.7. The summed E-state index contributed by atoms with van der Waals surface area (Å²) in [5, 5.41) is 4.22. The quantitative estimate of drug-likeness (QED) is 0.152. The molecule has 2 aliphatic heterocycles. The Labute approximate surface area is 331 Å². The molecular weight excluding hydrogens is 775 g/mol. The first-order chi connectivity index (χ1) is 27.8. The molecule has 2 atom stereocenters. The molecule has 21 heteroatoms. The van der Waals surface area contributed by atoms with Gasteiger partial charge in [0.25, 0.3) is 17.7 Å². The van der Waals surface area contributed by atoms with Crippen LogP contribution in [0.1, 0.15) is 58.3 Å². The van der Waals surface area contributed by atoms with Crippen molar-refractivity contribution in [1.29, 1.82) is 0 Å². The third kappa shape index (κ3) is 7.22. The summed E-state index contributed by atoms with van der Waals surface area (Å²) >= 11 is 0. The number of H-pyrrole nitrogens is 2. The predicted molar refractivity (Wildman–Crippen MR) is 208 cm³/mol. The summed E-state index contributed by atoms with van der Waals surface area (Å²) in [7, 11) is -1.28. The number of aromatic amines is 2. The highest BCUT2D eigenvalue weighted by atomic mass is 32.2. The third-order valence-corrected chi connectivity index (χ3v) is 12.5. The molecule has 6 aromatic rings. The normalized spacial score (nSPS) is 19.0. The van der Waals surface area contributed by atoms with Crippen molar-refractivity contribution in [1.82, 2.24) is 59.2 Å². The van der Waals surface area contributed by atoms with Gasteiger partial charge in [0.15, 0.2) is 0 Å². The van der Waals surface area contributed by atoms with Crippen LogP contribution in [0.2, 0.25) is 0 Å². The number of sulfone groups is 1. The number of likely N-dealkylation sites (N-methyl/N-ethyl adjacent to an activating group) is 1. The molecule has 58 heavy (non-hydrogen) atoms. The van der Waals surface area contributed by atoms with Crippen LogP contribution in [0.15, 0.2) is 49.6 Å². The van der Waals surface area contributed by atoms with Crippen LogP contribution in [0, 0.1) is 0 Å². The summed E-state index contributed by atoms with van der Waals surface area (Å²) in [6, 6.07) is 2.77. The number of nitrogens with one attached hydrogen (secondary N) is 3. The Hall–Kier alpha value is -5.99. The molecule has 3 aliphatic rings. The third-order valence-electron chi connectivity index (χ3n) is 11.5. The number of imidazole rings is 2. The Morgan fingerprint density at radius 3 is 2.10 bits per heavy atom. The van der Waals surface area contributed by atoms with Crippen molar-refractivity contribution in [3.8, 4) is 0 Å². The number of anilines is 2. The number of aryl methyl sites for hydroxylation is 2. The van der Waals surface area contributed by atoms with Gasteiger partial charge >= 0.3 is 0 Å². The zero-order chi connectivity index (χ0) is 40.3. The molecule has 18 nitrogen and oxygen atoms in total. The van der Waals surface area contributed by atoms with E-state index in [4.69, 9.17) is 4.98 Å². The van der Waals surface area contributed by atoms with Crippen molar-refractivity contribution in [3.63, 3.8) is 0 Å². The van der Waals surface area contributed by atoms with E-state index in [9.17, 15) is 26.8 Å². The Kier molecular flexibility index (Phi) is 9.35. The molecular formula is C37H42F2N14O4S. The molecule has 0 spiro atoms. The first-order valence-corrected chi connectivity index (χ1v) is 21.2. The van der Waals surface area contributed by atoms with Crippen LogP contribution in [0.25, 0.3) is 22.1 Å². The monoisotopic (exact) mass is 816 g/mol. The number of amides is 2. The number of hydrogen-bond donors (Lipinski definition) is 3. The summed E-state index contributed by atoms with van der Waals surface area (Å²) < 4.78 is 56.2. The molecule has 2 amide bonds. The fourth-order valence-corrected chi connectivity index (χ4v) is 8.81. The van der Waals surface area contributed by atoms with E-state index in [1.807, 2.05) is 39.4 Å². The number of fused-ring (bicyclic) bond motifs is 4. The van der Waals surface area contributed by atoms with E-state index in [0.717, 1.165) is 35.4 Å². The maximum atomic E-state index is 14.7. The maximum Gasteiger partial charge on any atom is 0.275 e. The number of carbonyl (C=O) groups excluding carboxylic acids is 2. The highest BCUT2D eigenvalue weighted by Crippen LogP contribution is 2.42. The molecule has 1 aliphatic carbocycles. The number of aromatic nitrogens is 10. The van der Waals surface area contributed by atoms with Gasteiger partial charge in [-0.3, -0.25) is 9.59 Å². The van der Waals surface area contributed by atoms with Crippen LogP contribution < -0.4 is 15.1 Å². The molecule has 0 saturated heterocycles. The number of hydrogen-bond acceptors (Lipinski definition) is 12. The van der Waals surface area contributed by atoms with Gasteiger partial charge in [0.2, 0.25) is 0 Å². The van der Waals surface area contributed by atoms with Crippen LogP contribution in [0.3, 0.4) is 0 Å². The molecule has 6 aromatic heterocycles. The van der Waals surface area contributed by atoms with Gasteiger partial charge in [-0.05, 0) is 25.0 Å². The Balaban J connectivity index is 0.992. The SMILES string of the molecule is CN(c1ncnc2[nH]ccc12)C1CCn2cc(C(=O)N(CN(c3ncnc4[nH]ccc34)C3CCn4cc(C(=O)NCCS(C)(=O)=O)nc4C3)C3CC(F)(F)C3)nc2C1. The summed E-state index contributed by atoms with van der Waals surface area (Å²) in [4.78, 5) is 66.7. The lowest BCUT2D eigenvalue weighted by atomic mass is 9.86. The number of halogens is 2. The molecule has 8 heterocycles. The lowest BCUT2D eigenvalue weighted by molar-refractivity contribution is -0.116. The number of carbonyl (C=O) groups is 2. The van der Waals surface area contributed by atoms with Crippen molar-refractivity contribution in [2.45, 2.75) is 75.7 Å². The van der Waals surface area contributed by atoms with E-state index in [0.29, 0.717) is 55.0 Å². The highest BCUT2D eigenvalue weighted by Gasteiger charge is 2.50. The highest BCUT2D eigenvalue weighted by molar-refractivity contribution is 7.90. The van der Waals surface area contributed by atoms with Crippen LogP contribution in [0.4, 0.5) is 20.4 Å². The predicted octanol–water partition coefficient (Wildman–Crippen LogP) is 2.57. The van der Waals surface area contributed by atoms with Crippen molar-refractivity contribution < 1.29 is 26.8 Å². The lowest BCUT2D eigenvalue weighted by Crippen LogP contribution is -2.58. The van der Waals surface area contributed by atoms with Crippen molar-refractivity contribution in [2.24, 2.45) is 0 Å². The average molecular weight is 817 g/mol. The Morgan fingerprint density at radius 2 is 1.45 bits per heavy atom. The van der Waals surface area contributed by atoms with Gasteiger partial charge < -0.3 is 39.1 Å². The van der Waals surface area contributed by atoms with E-state index in [1.54, 1.807) is 18.6 Å². The zero-order valence-electron chi connectivity index (χ0n) is 31.8.